The zero-order valence-corrected chi connectivity index (χ0v) is 17.1. The van der Waals surface area contributed by atoms with Gasteiger partial charge in [-0.05, 0) is 68.3 Å². The van der Waals surface area contributed by atoms with Crippen molar-refractivity contribution in [2.45, 2.75) is 33.2 Å². The molecule has 0 bridgehead atoms. The van der Waals surface area contributed by atoms with Crippen LogP contribution in [0, 0.1) is 19.7 Å². The van der Waals surface area contributed by atoms with E-state index < -0.39 is 0 Å². The SMILES string of the molecule is Cc1cc(C(=O)Nc2cccc(CN3CCCC3=O)c2)c(C)n1-c1ccc(F)cc1. The number of hydrogen-bond donors (Lipinski definition) is 1. The number of rotatable bonds is 5. The van der Waals surface area contributed by atoms with Crippen molar-refractivity contribution >= 4 is 17.5 Å². The second-order valence-corrected chi connectivity index (χ2v) is 7.67. The van der Waals surface area contributed by atoms with Crippen LogP contribution < -0.4 is 5.32 Å². The molecular formula is C24H24FN3O2. The van der Waals surface area contributed by atoms with Gasteiger partial charge in [0.15, 0.2) is 0 Å². The monoisotopic (exact) mass is 405 g/mol. The lowest BCUT2D eigenvalue weighted by molar-refractivity contribution is -0.128. The van der Waals surface area contributed by atoms with Crippen molar-refractivity contribution in [3.8, 4) is 5.69 Å². The van der Waals surface area contributed by atoms with E-state index in [1.807, 2.05) is 53.6 Å². The minimum absolute atomic E-state index is 0.178. The van der Waals surface area contributed by atoms with Crippen LogP contribution in [-0.2, 0) is 11.3 Å². The van der Waals surface area contributed by atoms with E-state index in [4.69, 9.17) is 0 Å². The third-order valence-electron chi connectivity index (χ3n) is 5.49. The lowest BCUT2D eigenvalue weighted by Crippen LogP contribution is -2.23. The second-order valence-electron chi connectivity index (χ2n) is 7.67. The summed E-state index contributed by atoms with van der Waals surface area (Å²) >= 11 is 0. The number of anilines is 1. The summed E-state index contributed by atoms with van der Waals surface area (Å²) < 4.78 is 15.2. The molecule has 3 aromatic rings. The highest BCUT2D eigenvalue weighted by Gasteiger charge is 2.20. The highest BCUT2D eigenvalue weighted by atomic mass is 19.1. The number of aryl methyl sites for hydroxylation is 1. The lowest BCUT2D eigenvalue weighted by Gasteiger charge is -2.16. The summed E-state index contributed by atoms with van der Waals surface area (Å²) in [5.74, 6) is -0.321. The van der Waals surface area contributed by atoms with Gasteiger partial charge in [0.2, 0.25) is 5.91 Å². The number of benzene rings is 2. The molecule has 4 rings (SSSR count). The topological polar surface area (TPSA) is 54.3 Å². The normalized spacial score (nSPS) is 13.7. The summed E-state index contributed by atoms with van der Waals surface area (Å²) in [4.78, 5) is 26.7. The quantitative estimate of drug-likeness (QED) is 0.674. The molecule has 0 aliphatic carbocycles. The van der Waals surface area contributed by atoms with Gasteiger partial charge in [-0.3, -0.25) is 9.59 Å². The molecule has 1 aliphatic rings. The van der Waals surface area contributed by atoms with Crippen LogP contribution in [0.15, 0.2) is 54.6 Å². The largest absolute Gasteiger partial charge is 0.338 e. The first-order valence-corrected chi connectivity index (χ1v) is 10.1. The Morgan fingerprint density at radius 1 is 1.10 bits per heavy atom. The summed E-state index contributed by atoms with van der Waals surface area (Å²) in [6.07, 6.45) is 1.51. The highest BCUT2D eigenvalue weighted by molar-refractivity contribution is 6.05. The molecular weight excluding hydrogens is 381 g/mol. The molecule has 2 aromatic carbocycles. The van der Waals surface area contributed by atoms with Crippen LogP contribution in [0.2, 0.25) is 0 Å². The minimum Gasteiger partial charge on any atom is -0.338 e. The van der Waals surface area contributed by atoms with Crippen molar-refractivity contribution in [1.29, 1.82) is 0 Å². The molecule has 1 aliphatic heterocycles. The molecule has 0 spiro atoms. The summed E-state index contributed by atoms with van der Waals surface area (Å²) in [5, 5.41) is 2.96. The average Bonchev–Trinajstić information content (AvgIpc) is 3.25. The Kier molecular flexibility index (Phi) is 5.40. The highest BCUT2D eigenvalue weighted by Crippen LogP contribution is 2.23. The fraction of sp³-hybridized carbons (Fsp3) is 0.250. The number of amides is 2. The van der Waals surface area contributed by atoms with Crippen molar-refractivity contribution in [2.24, 2.45) is 0 Å². The van der Waals surface area contributed by atoms with Crippen LogP contribution in [-0.4, -0.2) is 27.8 Å². The third kappa shape index (κ3) is 3.99. The Labute approximate surface area is 175 Å². The number of aromatic nitrogens is 1. The summed E-state index contributed by atoms with van der Waals surface area (Å²) in [5.41, 5.74) is 4.73. The van der Waals surface area contributed by atoms with Gasteiger partial charge in [0.1, 0.15) is 5.82 Å². The van der Waals surface area contributed by atoms with Gasteiger partial charge in [0.05, 0.1) is 5.56 Å². The average molecular weight is 405 g/mol. The Hall–Kier alpha value is -3.41. The maximum atomic E-state index is 13.3. The molecule has 1 aromatic heterocycles. The molecule has 0 saturated carbocycles. The smallest absolute Gasteiger partial charge is 0.257 e. The predicted molar refractivity (Wildman–Crippen MR) is 114 cm³/mol. The van der Waals surface area contributed by atoms with E-state index in [0.29, 0.717) is 24.2 Å². The van der Waals surface area contributed by atoms with Crippen molar-refractivity contribution in [2.75, 3.05) is 11.9 Å². The Morgan fingerprint density at radius 3 is 2.57 bits per heavy atom. The van der Waals surface area contributed by atoms with E-state index in [1.54, 1.807) is 12.1 Å². The first kappa shape index (κ1) is 19.9. The number of hydrogen-bond acceptors (Lipinski definition) is 2. The number of likely N-dealkylation sites (tertiary alicyclic amines) is 1. The summed E-state index contributed by atoms with van der Waals surface area (Å²) in [6.45, 7) is 5.13. The van der Waals surface area contributed by atoms with E-state index >= 15 is 0 Å². The molecule has 1 fully saturated rings. The van der Waals surface area contributed by atoms with Gasteiger partial charge in [0, 0.05) is 42.3 Å². The van der Waals surface area contributed by atoms with Crippen molar-refractivity contribution in [1.82, 2.24) is 9.47 Å². The zero-order chi connectivity index (χ0) is 21.3. The Morgan fingerprint density at radius 2 is 1.87 bits per heavy atom. The minimum atomic E-state index is -0.297. The van der Waals surface area contributed by atoms with Gasteiger partial charge in [-0.15, -0.1) is 0 Å². The number of carbonyl (C=O) groups is 2. The summed E-state index contributed by atoms with van der Waals surface area (Å²) in [7, 11) is 0. The van der Waals surface area contributed by atoms with Gasteiger partial charge in [-0.1, -0.05) is 12.1 Å². The molecule has 2 heterocycles. The molecule has 1 saturated heterocycles. The number of nitrogens with one attached hydrogen (secondary N) is 1. The van der Waals surface area contributed by atoms with Gasteiger partial charge in [-0.25, -0.2) is 4.39 Å². The van der Waals surface area contributed by atoms with E-state index in [9.17, 15) is 14.0 Å². The maximum Gasteiger partial charge on any atom is 0.257 e. The number of carbonyl (C=O) groups excluding carboxylic acids is 2. The van der Waals surface area contributed by atoms with Crippen LogP contribution in [0.4, 0.5) is 10.1 Å². The first-order valence-electron chi connectivity index (χ1n) is 10.1. The van der Waals surface area contributed by atoms with E-state index in [1.165, 1.54) is 12.1 Å². The lowest BCUT2D eigenvalue weighted by atomic mass is 10.1. The molecule has 154 valence electrons. The fourth-order valence-corrected chi connectivity index (χ4v) is 4.02. The maximum absolute atomic E-state index is 13.3. The number of nitrogens with zero attached hydrogens (tertiary/aromatic N) is 2. The molecule has 0 radical (unpaired) electrons. The van der Waals surface area contributed by atoms with E-state index in [-0.39, 0.29) is 17.6 Å². The first-order chi connectivity index (χ1) is 14.4. The molecule has 2 amide bonds. The molecule has 30 heavy (non-hydrogen) atoms. The van der Waals surface area contributed by atoms with E-state index in [2.05, 4.69) is 5.32 Å². The molecule has 5 nitrogen and oxygen atoms in total. The van der Waals surface area contributed by atoms with Gasteiger partial charge in [-0.2, -0.15) is 0 Å². The zero-order valence-electron chi connectivity index (χ0n) is 17.1. The van der Waals surface area contributed by atoms with Gasteiger partial charge in [0.25, 0.3) is 5.91 Å². The molecule has 1 N–H and O–H groups in total. The van der Waals surface area contributed by atoms with Gasteiger partial charge < -0.3 is 14.8 Å². The van der Waals surface area contributed by atoms with Crippen LogP contribution in [0.3, 0.4) is 0 Å². The van der Waals surface area contributed by atoms with Gasteiger partial charge >= 0.3 is 0 Å². The summed E-state index contributed by atoms with van der Waals surface area (Å²) in [6, 6.07) is 15.6. The van der Waals surface area contributed by atoms with Crippen LogP contribution in [0.25, 0.3) is 5.69 Å². The Bertz CT molecular complexity index is 1100. The Balaban J connectivity index is 1.53. The molecule has 0 atom stereocenters. The fourth-order valence-electron chi connectivity index (χ4n) is 4.02. The van der Waals surface area contributed by atoms with Crippen molar-refractivity contribution < 1.29 is 14.0 Å². The second kappa shape index (κ2) is 8.14. The van der Waals surface area contributed by atoms with Crippen LogP contribution >= 0.6 is 0 Å². The third-order valence-corrected chi connectivity index (χ3v) is 5.49. The van der Waals surface area contributed by atoms with Crippen LogP contribution in [0.1, 0.15) is 40.2 Å². The number of halogens is 1. The van der Waals surface area contributed by atoms with Crippen molar-refractivity contribution in [3.63, 3.8) is 0 Å². The van der Waals surface area contributed by atoms with Crippen LogP contribution in [0.5, 0.6) is 0 Å². The molecule has 6 heteroatoms. The molecule has 0 unspecified atom stereocenters. The standard InChI is InChI=1S/C24H24FN3O2/c1-16-13-22(17(2)28(16)21-10-8-19(25)9-11-21)24(30)26-20-6-3-5-18(14-20)15-27-12-4-7-23(27)29/h3,5-6,8-11,13-14H,4,7,12,15H2,1-2H3,(H,26,30). The van der Waals surface area contributed by atoms with E-state index in [0.717, 1.165) is 35.6 Å². The predicted octanol–water partition coefficient (Wildman–Crippen LogP) is 4.61. The van der Waals surface area contributed by atoms with Crippen molar-refractivity contribution in [3.05, 3.63) is 82.9 Å².